The van der Waals surface area contributed by atoms with E-state index in [2.05, 4.69) is 35.0 Å². The van der Waals surface area contributed by atoms with Crippen LogP contribution in [0.15, 0.2) is 29.7 Å². The molecule has 1 N–H and O–H groups in total. The fraction of sp³-hybridized carbons (Fsp3) is 0.500. The van der Waals surface area contributed by atoms with Gasteiger partial charge in [-0.2, -0.15) is 0 Å². The molecule has 92 valence electrons. The van der Waals surface area contributed by atoms with Crippen LogP contribution in [0.5, 0.6) is 0 Å². The topological polar surface area (TPSA) is 29.1 Å². The summed E-state index contributed by atoms with van der Waals surface area (Å²) in [5.74, 6) is 1.70. The number of fused-ring (bicyclic) bond motifs is 2. The zero-order valence-corrected chi connectivity index (χ0v) is 10.6. The van der Waals surface area contributed by atoms with Gasteiger partial charge in [-0.1, -0.05) is 18.2 Å². The van der Waals surface area contributed by atoms with Crippen molar-refractivity contribution < 1.29 is 6.22 Å². The molecule has 1 amide bonds. The lowest BCUT2D eigenvalue weighted by molar-refractivity contribution is -0.125. The maximum Gasteiger partial charge on any atom is 0.223 e. The molecule has 1 aromatic rings. The molecule has 0 saturated heterocycles. The normalized spacial score (nSPS) is 29.8. The van der Waals surface area contributed by atoms with Crippen molar-refractivity contribution in [1.82, 2.24) is 5.32 Å². The number of amides is 1. The van der Waals surface area contributed by atoms with E-state index >= 15 is 0 Å². The van der Waals surface area contributed by atoms with Crippen molar-refractivity contribution in [1.29, 1.82) is 0 Å². The number of thiophene rings is 1. The Hall–Kier alpha value is -1.09. The zero-order chi connectivity index (χ0) is 11.7. The number of hydrogen-bond acceptors (Lipinski definition) is 2. The molecule has 1 aromatic heterocycles. The summed E-state index contributed by atoms with van der Waals surface area (Å²) < 4.78 is 0. The van der Waals surface area contributed by atoms with Crippen molar-refractivity contribution in [3.8, 4) is 0 Å². The average molecular weight is 249 g/mol. The monoisotopic (exact) mass is 249 g/mol. The van der Waals surface area contributed by atoms with E-state index in [0.29, 0.717) is 11.8 Å². The van der Waals surface area contributed by atoms with Gasteiger partial charge < -0.3 is 5.32 Å². The van der Waals surface area contributed by atoms with Crippen LogP contribution in [0.25, 0.3) is 0 Å². The van der Waals surface area contributed by atoms with Gasteiger partial charge in [0.25, 0.3) is 0 Å². The summed E-state index contributed by atoms with van der Waals surface area (Å²) in [6.45, 7) is 0.775. The molecule has 3 atom stereocenters. The summed E-state index contributed by atoms with van der Waals surface area (Å²) >= 11 is 1.76. The molecule has 3 heteroatoms. The van der Waals surface area contributed by atoms with Gasteiger partial charge in [0.1, 0.15) is 0 Å². The van der Waals surface area contributed by atoms with E-state index in [1.54, 1.807) is 11.3 Å². The number of carbonyl (C=O) groups is 1. The SMILES string of the molecule is O=C(NCCc1cccs1)[C@@H]1CC2C=CC1C2.[HH]. The van der Waals surface area contributed by atoms with E-state index in [0.717, 1.165) is 19.4 Å². The molecule has 3 rings (SSSR count). The highest BCUT2D eigenvalue weighted by molar-refractivity contribution is 7.09. The molecule has 2 aliphatic carbocycles. The van der Waals surface area contributed by atoms with Gasteiger partial charge in [0.2, 0.25) is 5.91 Å². The second-order valence-corrected chi connectivity index (χ2v) is 6.04. The Morgan fingerprint density at radius 2 is 2.41 bits per heavy atom. The van der Waals surface area contributed by atoms with Gasteiger partial charge in [-0.15, -0.1) is 11.3 Å². The van der Waals surface area contributed by atoms with Gasteiger partial charge in [0.15, 0.2) is 0 Å². The molecule has 17 heavy (non-hydrogen) atoms. The molecule has 2 unspecified atom stereocenters. The van der Waals surface area contributed by atoms with E-state index in [4.69, 9.17) is 0 Å². The van der Waals surface area contributed by atoms with Crippen LogP contribution in [0.3, 0.4) is 0 Å². The Kier molecular flexibility index (Phi) is 3.02. The number of allylic oxidation sites excluding steroid dienone is 2. The van der Waals surface area contributed by atoms with Gasteiger partial charge in [0, 0.05) is 18.8 Å². The summed E-state index contributed by atoms with van der Waals surface area (Å²) in [4.78, 5) is 13.4. The van der Waals surface area contributed by atoms with Gasteiger partial charge >= 0.3 is 0 Å². The summed E-state index contributed by atoms with van der Waals surface area (Å²) in [6.07, 6.45) is 7.73. The molecular weight excluding hydrogens is 230 g/mol. The highest BCUT2D eigenvalue weighted by Gasteiger charge is 2.39. The first kappa shape index (κ1) is 11.0. The predicted octanol–water partition coefficient (Wildman–Crippen LogP) is 2.87. The van der Waals surface area contributed by atoms with Crippen LogP contribution in [-0.2, 0) is 11.2 Å². The molecule has 0 spiro atoms. The van der Waals surface area contributed by atoms with Crippen LogP contribution in [-0.4, -0.2) is 12.5 Å². The first-order valence-electron chi connectivity index (χ1n) is 6.31. The summed E-state index contributed by atoms with van der Waals surface area (Å²) in [5.41, 5.74) is 0. The smallest absolute Gasteiger partial charge is 0.223 e. The summed E-state index contributed by atoms with van der Waals surface area (Å²) in [5, 5.41) is 5.16. The Labute approximate surface area is 107 Å². The maximum atomic E-state index is 12.0. The average Bonchev–Trinajstić information content (AvgIpc) is 3.05. The first-order chi connectivity index (χ1) is 8.33. The molecule has 2 nitrogen and oxygen atoms in total. The number of nitrogens with one attached hydrogen (secondary N) is 1. The third-order valence-corrected chi connectivity index (χ3v) is 4.80. The summed E-state index contributed by atoms with van der Waals surface area (Å²) in [7, 11) is 0. The van der Waals surface area contributed by atoms with Crippen LogP contribution >= 0.6 is 11.3 Å². The van der Waals surface area contributed by atoms with Crippen LogP contribution in [0, 0.1) is 17.8 Å². The lowest BCUT2D eigenvalue weighted by atomic mass is 9.93. The molecule has 2 bridgehead atoms. The zero-order valence-electron chi connectivity index (χ0n) is 9.76. The van der Waals surface area contributed by atoms with Crippen molar-refractivity contribution in [2.45, 2.75) is 19.3 Å². The maximum absolute atomic E-state index is 12.0. The Bertz CT molecular complexity index is 429. The van der Waals surface area contributed by atoms with Crippen LogP contribution in [0.1, 0.15) is 19.1 Å². The minimum absolute atomic E-state index is 0. The molecule has 1 heterocycles. The van der Waals surface area contributed by atoms with Gasteiger partial charge in [-0.25, -0.2) is 0 Å². The standard InChI is InChI=1S/C14H17NOS.H2/c16-14(13-9-10-3-4-11(13)8-10)15-6-5-12-2-1-7-17-12;/h1-4,7,10-11,13H,5-6,8-9H2,(H,15,16);1H/t10?,11?,13-;/m1./s1. The predicted molar refractivity (Wildman–Crippen MR) is 72.0 cm³/mol. The fourth-order valence-corrected chi connectivity index (χ4v) is 3.69. The van der Waals surface area contributed by atoms with E-state index in [9.17, 15) is 4.79 Å². The van der Waals surface area contributed by atoms with E-state index < -0.39 is 0 Å². The molecule has 0 aromatic carbocycles. The minimum atomic E-state index is 0. The number of carbonyl (C=O) groups excluding carboxylic acids is 1. The van der Waals surface area contributed by atoms with E-state index in [1.807, 2.05) is 0 Å². The third-order valence-electron chi connectivity index (χ3n) is 3.87. The molecule has 1 fully saturated rings. The van der Waals surface area contributed by atoms with Crippen molar-refractivity contribution in [2.75, 3.05) is 6.54 Å². The van der Waals surface area contributed by atoms with Crippen LogP contribution < -0.4 is 5.32 Å². The van der Waals surface area contributed by atoms with Crippen molar-refractivity contribution in [3.05, 3.63) is 34.5 Å². The Morgan fingerprint density at radius 3 is 3.06 bits per heavy atom. The molecule has 0 radical (unpaired) electrons. The van der Waals surface area contributed by atoms with Gasteiger partial charge in [-0.05, 0) is 42.5 Å². The largest absolute Gasteiger partial charge is 0.355 e. The van der Waals surface area contributed by atoms with Gasteiger partial charge in [-0.3, -0.25) is 4.79 Å². The molecule has 0 aliphatic heterocycles. The Balaban J connectivity index is 0.00000120. The second-order valence-electron chi connectivity index (χ2n) is 5.01. The van der Waals surface area contributed by atoms with Crippen LogP contribution in [0.2, 0.25) is 0 Å². The number of hydrogen-bond donors (Lipinski definition) is 1. The molecule has 2 aliphatic rings. The van der Waals surface area contributed by atoms with Crippen molar-refractivity contribution in [3.63, 3.8) is 0 Å². The molecule has 1 saturated carbocycles. The quantitative estimate of drug-likeness (QED) is 0.817. The number of rotatable bonds is 4. The van der Waals surface area contributed by atoms with Crippen molar-refractivity contribution >= 4 is 17.2 Å². The van der Waals surface area contributed by atoms with Gasteiger partial charge in [0.05, 0.1) is 0 Å². The van der Waals surface area contributed by atoms with Crippen LogP contribution in [0.4, 0.5) is 0 Å². The highest BCUT2D eigenvalue weighted by Crippen LogP contribution is 2.43. The highest BCUT2D eigenvalue weighted by atomic mass is 32.1. The fourth-order valence-electron chi connectivity index (χ4n) is 2.98. The first-order valence-corrected chi connectivity index (χ1v) is 7.19. The second kappa shape index (κ2) is 4.65. The van der Waals surface area contributed by atoms with E-state index in [1.165, 1.54) is 11.3 Å². The third kappa shape index (κ3) is 2.29. The molecular formula is C14H19NOS. The van der Waals surface area contributed by atoms with E-state index in [-0.39, 0.29) is 13.3 Å². The summed E-state index contributed by atoms with van der Waals surface area (Å²) in [6, 6.07) is 4.18. The van der Waals surface area contributed by atoms with Crippen molar-refractivity contribution in [2.24, 2.45) is 17.8 Å². The lowest BCUT2D eigenvalue weighted by Crippen LogP contribution is -2.34. The minimum Gasteiger partial charge on any atom is -0.355 e. The lowest BCUT2D eigenvalue weighted by Gasteiger charge is -2.17. The Morgan fingerprint density at radius 1 is 1.47 bits per heavy atom.